The lowest BCUT2D eigenvalue weighted by atomic mass is 9.89. The highest BCUT2D eigenvalue weighted by Crippen LogP contribution is 2.34. The first-order valence-corrected chi connectivity index (χ1v) is 14.2. The van der Waals surface area contributed by atoms with Gasteiger partial charge in [-0.1, -0.05) is 36.4 Å². The van der Waals surface area contributed by atoms with Crippen LogP contribution in [-0.2, 0) is 28.5 Å². The Labute approximate surface area is 213 Å². The highest BCUT2D eigenvalue weighted by Gasteiger charge is 2.40. The molecule has 3 heterocycles. The van der Waals surface area contributed by atoms with Crippen molar-refractivity contribution in [1.82, 2.24) is 19.1 Å². The molecule has 0 amide bonds. The summed E-state index contributed by atoms with van der Waals surface area (Å²) in [6.07, 6.45) is 7.20. The SMILES string of the molecule is C[C@H]1CCC(Cc2ccccc2)S(=O)(=O)N1Cc1ccc(N2CCC(C)(n3cnnc3)CC2)cc1F. The van der Waals surface area contributed by atoms with Crippen molar-refractivity contribution < 1.29 is 12.8 Å². The number of rotatable bonds is 6. The Hall–Kier alpha value is -2.78. The first-order valence-electron chi connectivity index (χ1n) is 12.7. The fraction of sp³-hybridized carbons (Fsp3) is 0.481. The largest absolute Gasteiger partial charge is 0.371 e. The van der Waals surface area contributed by atoms with Gasteiger partial charge in [-0.15, -0.1) is 10.2 Å². The third-order valence-electron chi connectivity index (χ3n) is 8.06. The Balaban J connectivity index is 1.28. The third kappa shape index (κ3) is 4.91. The Morgan fingerprint density at radius 3 is 2.39 bits per heavy atom. The van der Waals surface area contributed by atoms with Crippen molar-refractivity contribution in [1.29, 1.82) is 0 Å². The molecule has 0 bridgehead atoms. The van der Waals surface area contributed by atoms with Crippen LogP contribution in [0.25, 0.3) is 0 Å². The van der Waals surface area contributed by atoms with Gasteiger partial charge in [-0.05, 0) is 63.6 Å². The van der Waals surface area contributed by atoms with Gasteiger partial charge in [0, 0.05) is 42.5 Å². The third-order valence-corrected chi connectivity index (χ3v) is 10.5. The fourth-order valence-electron chi connectivity index (χ4n) is 5.51. The van der Waals surface area contributed by atoms with Gasteiger partial charge in [0.15, 0.2) is 0 Å². The lowest BCUT2D eigenvalue weighted by Crippen LogP contribution is -2.48. The standard InChI is InChI=1S/C27H34FN5O2S/c1-21-8-11-25(16-22-6-4-3-5-7-22)36(34,35)33(21)18-23-9-10-24(17-26(23)28)31-14-12-27(2,13-15-31)32-19-29-30-20-32/h3-7,9-10,17,19-21,25H,8,11-16,18H2,1-2H3/t21-,25?/m0/s1. The number of anilines is 1. The minimum Gasteiger partial charge on any atom is -0.371 e. The molecule has 3 aromatic rings. The number of nitrogens with zero attached hydrogens (tertiary/aromatic N) is 5. The Morgan fingerprint density at radius 1 is 1.03 bits per heavy atom. The minimum atomic E-state index is -3.55. The number of hydrogen-bond acceptors (Lipinski definition) is 5. The first kappa shape index (κ1) is 24.9. The van der Waals surface area contributed by atoms with Gasteiger partial charge in [-0.2, -0.15) is 4.31 Å². The molecule has 192 valence electrons. The van der Waals surface area contributed by atoms with Gasteiger partial charge in [0.25, 0.3) is 0 Å². The minimum absolute atomic E-state index is 0.0481. The van der Waals surface area contributed by atoms with E-state index in [2.05, 4.69) is 26.6 Å². The molecule has 0 aliphatic carbocycles. The van der Waals surface area contributed by atoms with Crippen LogP contribution in [0.2, 0.25) is 0 Å². The van der Waals surface area contributed by atoms with E-state index in [0.29, 0.717) is 18.4 Å². The summed E-state index contributed by atoms with van der Waals surface area (Å²) in [4.78, 5) is 2.19. The van der Waals surface area contributed by atoms with E-state index in [1.165, 1.54) is 4.31 Å². The predicted molar refractivity (Wildman–Crippen MR) is 139 cm³/mol. The highest BCUT2D eigenvalue weighted by atomic mass is 32.2. The van der Waals surface area contributed by atoms with Gasteiger partial charge >= 0.3 is 0 Å². The van der Waals surface area contributed by atoms with Crippen LogP contribution < -0.4 is 4.90 Å². The lowest BCUT2D eigenvalue weighted by Gasteiger charge is -2.41. The Kier molecular flexibility index (Phi) is 6.87. The molecule has 0 spiro atoms. The van der Waals surface area contributed by atoms with E-state index in [0.717, 1.165) is 43.6 Å². The molecular weight excluding hydrogens is 477 g/mol. The van der Waals surface area contributed by atoms with E-state index in [1.807, 2.05) is 43.3 Å². The van der Waals surface area contributed by atoms with Crippen LogP contribution in [0.1, 0.15) is 50.7 Å². The van der Waals surface area contributed by atoms with Gasteiger partial charge < -0.3 is 9.47 Å². The summed E-state index contributed by atoms with van der Waals surface area (Å²) >= 11 is 0. The van der Waals surface area contributed by atoms with Crippen molar-refractivity contribution in [3.63, 3.8) is 0 Å². The van der Waals surface area contributed by atoms with Crippen LogP contribution >= 0.6 is 0 Å². The zero-order chi connectivity index (χ0) is 25.3. The average molecular weight is 512 g/mol. The smallest absolute Gasteiger partial charge is 0.217 e. The average Bonchev–Trinajstić information content (AvgIpc) is 3.42. The fourth-order valence-corrected chi connectivity index (χ4v) is 7.65. The van der Waals surface area contributed by atoms with Gasteiger partial charge in [0.1, 0.15) is 18.5 Å². The molecule has 36 heavy (non-hydrogen) atoms. The maximum absolute atomic E-state index is 15.3. The van der Waals surface area contributed by atoms with Crippen molar-refractivity contribution in [2.75, 3.05) is 18.0 Å². The zero-order valence-corrected chi connectivity index (χ0v) is 21.7. The monoisotopic (exact) mass is 511 g/mol. The van der Waals surface area contributed by atoms with Crippen molar-refractivity contribution in [3.05, 3.63) is 78.1 Å². The molecule has 0 saturated carbocycles. The number of benzene rings is 2. The Bertz CT molecular complexity index is 1270. The molecule has 1 aromatic heterocycles. The molecule has 2 fully saturated rings. The van der Waals surface area contributed by atoms with E-state index in [1.54, 1.807) is 24.8 Å². The molecule has 2 saturated heterocycles. The normalized spacial score (nSPS) is 24.0. The molecule has 9 heteroatoms. The molecule has 7 nitrogen and oxygen atoms in total. The van der Waals surface area contributed by atoms with Crippen LogP contribution in [-0.4, -0.2) is 51.9 Å². The summed E-state index contributed by atoms with van der Waals surface area (Å²) in [7, 11) is -3.55. The summed E-state index contributed by atoms with van der Waals surface area (Å²) in [5, 5.41) is 7.39. The van der Waals surface area contributed by atoms with Gasteiger partial charge in [0.05, 0.1) is 5.25 Å². The zero-order valence-electron chi connectivity index (χ0n) is 20.9. The maximum atomic E-state index is 15.3. The van der Waals surface area contributed by atoms with Crippen molar-refractivity contribution in [3.8, 4) is 0 Å². The highest BCUT2D eigenvalue weighted by molar-refractivity contribution is 7.89. The van der Waals surface area contributed by atoms with Gasteiger partial charge in [-0.25, -0.2) is 12.8 Å². The second-order valence-electron chi connectivity index (χ2n) is 10.5. The molecule has 0 radical (unpaired) electrons. The van der Waals surface area contributed by atoms with Crippen LogP contribution in [0.5, 0.6) is 0 Å². The van der Waals surface area contributed by atoms with E-state index in [4.69, 9.17) is 0 Å². The van der Waals surface area contributed by atoms with E-state index >= 15 is 4.39 Å². The number of aromatic nitrogens is 3. The van der Waals surface area contributed by atoms with E-state index < -0.39 is 15.3 Å². The molecule has 2 aliphatic rings. The van der Waals surface area contributed by atoms with Crippen molar-refractivity contribution >= 4 is 15.7 Å². The molecule has 2 aromatic carbocycles. The molecule has 0 N–H and O–H groups in total. The molecule has 2 aliphatic heterocycles. The van der Waals surface area contributed by atoms with E-state index in [9.17, 15) is 8.42 Å². The predicted octanol–water partition coefficient (Wildman–Crippen LogP) is 4.36. The number of sulfonamides is 1. The van der Waals surface area contributed by atoms with Gasteiger partial charge in [0.2, 0.25) is 10.0 Å². The van der Waals surface area contributed by atoms with E-state index in [-0.39, 0.29) is 23.9 Å². The second-order valence-corrected chi connectivity index (χ2v) is 12.6. The summed E-state index contributed by atoms with van der Waals surface area (Å²) in [6, 6.07) is 14.8. The summed E-state index contributed by atoms with van der Waals surface area (Å²) in [5.74, 6) is -0.354. The number of hydrogen-bond donors (Lipinski definition) is 0. The van der Waals surface area contributed by atoms with Crippen LogP contribution in [0.4, 0.5) is 10.1 Å². The van der Waals surface area contributed by atoms with Gasteiger partial charge in [-0.3, -0.25) is 0 Å². The van der Waals surface area contributed by atoms with Crippen LogP contribution in [0, 0.1) is 5.82 Å². The topological polar surface area (TPSA) is 71.3 Å². The quantitative estimate of drug-likeness (QED) is 0.492. The molecular formula is C27H34FN5O2S. The number of piperidine rings is 1. The molecule has 1 unspecified atom stereocenters. The second kappa shape index (κ2) is 9.94. The number of halogens is 1. The Morgan fingerprint density at radius 2 is 1.72 bits per heavy atom. The first-order chi connectivity index (χ1) is 17.3. The summed E-state index contributed by atoms with van der Waals surface area (Å²) in [5.41, 5.74) is 2.21. The summed E-state index contributed by atoms with van der Waals surface area (Å²) in [6.45, 7) is 5.77. The molecule has 2 atom stereocenters. The van der Waals surface area contributed by atoms with Crippen LogP contribution in [0.15, 0.2) is 61.2 Å². The van der Waals surface area contributed by atoms with Crippen molar-refractivity contribution in [2.24, 2.45) is 0 Å². The molecule has 5 rings (SSSR count). The lowest BCUT2D eigenvalue weighted by molar-refractivity contribution is 0.247. The summed E-state index contributed by atoms with van der Waals surface area (Å²) < 4.78 is 45.9. The van der Waals surface area contributed by atoms with Crippen LogP contribution in [0.3, 0.4) is 0 Å². The maximum Gasteiger partial charge on any atom is 0.217 e. The van der Waals surface area contributed by atoms with Crippen molar-refractivity contribution in [2.45, 2.75) is 69.3 Å².